The monoisotopic (exact) mass is 178 g/mol. The van der Waals surface area contributed by atoms with Crippen LogP contribution in [0.1, 0.15) is 39.5 Å². The van der Waals surface area contributed by atoms with E-state index in [9.17, 15) is 4.79 Å². The summed E-state index contributed by atoms with van der Waals surface area (Å²) in [6.07, 6.45) is 6.80. The molecule has 0 aromatic rings. The Labute approximate surface area is 80.5 Å². The Morgan fingerprint density at radius 1 is 1.46 bits per heavy atom. The first-order chi connectivity index (χ1) is 6.13. The predicted octanol–water partition coefficient (Wildman–Crippen LogP) is 3.27. The third-order valence-electron chi connectivity index (χ3n) is 3.14. The van der Waals surface area contributed by atoms with E-state index < -0.39 is 0 Å². The highest BCUT2D eigenvalue weighted by Crippen LogP contribution is 2.40. The molecule has 0 amide bonds. The third-order valence-corrected chi connectivity index (χ3v) is 3.14. The van der Waals surface area contributed by atoms with Crippen molar-refractivity contribution in [3.63, 3.8) is 0 Å². The van der Waals surface area contributed by atoms with Crippen LogP contribution in [0, 0.1) is 5.41 Å². The van der Waals surface area contributed by atoms with Gasteiger partial charge in [0, 0.05) is 5.41 Å². The first-order valence-electron chi connectivity index (χ1n) is 4.86. The molecule has 13 heavy (non-hydrogen) atoms. The quantitative estimate of drug-likeness (QED) is 0.479. The van der Waals surface area contributed by atoms with Gasteiger partial charge in [-0.25, -0.2) is 0 Å². The molecule has 0 spiro atoms. The van der Waals surface area contributed by atoms with E-state index in [-0.39, 0.29) is 5.41 Å². The van der Waals surface area contributed by atoms with Crippen LogP contribution in [0.2, 0.25) is 0 Å². The van der Waals surface area contributed by atoms with Gasteiger partial charge in [-0.3, -0.25) is 0 Å². The van der Waals surface area contributed by atoms with Crippen LogP contribution in [0.3, 0.4) is 0 Å². The Bertz CT molecular complexity index is 250. The fourth-order valence-corrected chi connectivity index (χ4v) is 2.03. The Morgan fingerprint density at radius 2 is 2.15 bits per heavy atom. The molecule has 1 aliphatic carbocycles. The smallest absolute Gasteiger partial charge is 0.126 e. The summed E-state index contributed by atoms with van der Waals surface area (Å²) >= 11 is 0. The van der Waals surface area contributed by atoms with Gasteiger partial charge in [0.25, 0.3) is 0 Å². The number of carbonyl (C=O) groups excluding carboxylic acids is 1. The van der Waals surface area contributed by atoms with Crippen LogP contribution in [0.15, 0.2) is 23.8 Å². The van der Waals surface area contributed by atoms with Crippen LogP contribution in [-0.2, 0) is 4.79 Å². The van der Waals surface area contributed by atoms with Crippen molar-refractivity contribution in [3.8, 4) is 0 Å². The van der Waals surface area contributed by atoms with Gasteiger partial charge in [-0.1, -0.05) is 17.2 Å². The first-order valence-corrected chi connectivity index (χ1v) is 4.86. The maximum absolute atomic E-state index is 11.1. The van der Waals surface area contributed by atoms with Crippen molar-refractivity contribution in [1.82, 2.24) is 0 Å². The second kappa shape index (κ2) is 3.91. The SMILES string of the molecule is C=CCC1(C=O)CCC(C)=C(C)C1. The van der Waals surface area contributed by atoms with E-state index >= 15 is 0 Å². The molecule has 1 rings (SSSR count). The first kappa shape index (κ1) is 10.2. The minimum atomic E-state index is -0.134. The van der Waals surface area contributed by atoms with Crippen molar-refractivity contribution in [2.45, 2.75) is 39.5 Å². The van der Waals surface area contributed by atoms with E-state index in [0.29, 0.717) is 0 Å². The minimum Gasteiger partial charge on any atom is -0.303 e. The van der Waals surface area contributed by atoms with Crippen LogP contribution in [0.4, 0.5) is 0 Å². The highest BCUT2D eigenvalue weighted by atomic mass is 16.1. The van der Waals surface area contributed by atoms with Crippen molar-refractivity contribution in [2.24, 2.45) is 5.41 Å². The number of rotatable bonds is 3. The topological polar surface area (TPSA) is 17.1 Å². The second-order valence-electron chi connectivity index (χ2n) is 4.21. The maximum atomic E-state index is 11.1. The molecule has 0 radical (unpaired) electrons. The molecule has 0 saturated heterocycles. The number of aldehydes is 1. The molecule has 1 nitrogen and oxygen atoms in total. The summed E-state index contributed by atoms with van der Waals surface area (Å²) in [4.78, 5) is 11.1. The number of carbonyl (C=O) groups is 1. The molecule has 1 atom stereocenters. The minimum absolute atomic E-state index is 0.134. The summed E-state index contributed by atoms with van der Waals surface area (Å²) in [6, 6.07) is 0. The van der Waals surface area contributed by atoms with E-state index in [1.165, 1.54) is 11.1 Å². The van der Waals surface area contributed by atoms with Crippen LogP contribution < -0.4 is 0 Å². The highest BCUT2D eigenvalue weighted by molar-refractivity contribution is 5.61. The van der Waals surface area contributed by atoms with E-state index in [4.69, 9.17) is 0 Å². The van der Waals surface area contributed by atoms with Gasteiger partial charge in [0.15, 0.2) is 0 Å². The van der Waals surface area contributed by atoms with Gasteiger partial charge < -0.3 is 4.79 Å². The average Bonchev–Trinajstić information content (AvgIpc) is 2.12. The molecule has 72 valence electrons. The predicted molar refractivity (Wildman–Crippen MR) is 55.5 cm³/mol. The van der Waals surface area contributed by atoms with Crippen LogP contribution in [0.25, 0.3) is 0 Å². The van der Waals surface area contributed by atoms with E-state index in [0.717, 1.165) is 32.0 Å². The molecule has 0 aliphatic heterocycles. The second-order valence-corrected chi connectivity index (χ2v) is 4.21. The molecule has 0 saturated carbocycles. The summed E-state index contributed by atoms with van der Waals surface area (Å²) in [6.45, 7) is 8.02. The van der Waals surface area contributed by atoms with Gasteiger partial charge in [-0.15, -0.1) is 6.58 Å². The summed E-state index contributed by atoms with van der Waals surface area (Å²) in [5, 5.41) is 0. The van der Waals surface area contributed by atoms with Crippen molar-refractivity contribution in [1.29, 1.82) is 0 Å². The molecule has 1 unspecified atom stereocenters. The number of allylic oxidation sites excluding steroid dienone is 3. The zero-order chi connectivity index (χ0) is 9.90. The lowest BCUT2D eigenvalue weighted by molar-refractivity contribution is -0.116. The fourth-order valence-electron chi connectivity index (χ4n) is 2.03. The van der Waals surface area contributed by atoms with Crippen molar-refractivity contribution >= 4 is 6.29 Å². The van der Waals surface area contributed by atoms with Crippen molar-refractivity contribution in [2.75, 3.05) is 0 Å². The maximum Gasteiger partial charge on any atom is 0.126 e. The molecule has 1 aliphatic rings. The standard InChI is InChI=1S/C12H18O/c1-4-6-12(9-13)7-5-10(2)11(3)8-12/h4,9H,1,5-8H2,2-3H3. The van der Waals surface area contributed by atoms with Gasteiger partial charge in [0.1, 0.15) is 6.29 Å². The Hall–Kier alpha value is -0.850. The van der Waals surface area contributed by atoms with Gasteiger partial charge in [0.2, 0.25) is 0 Å². The Morgan fingerprint density at radius 3 is 2.62 bits per heavy atom. The van der Waals surface area contributed by atoms with E-state index in [1.807, 2.05) is 6.08 Å². The average molecular weight is 178 g/mol. The van der Waals surface area contributed by atoms with Crippen molar-refractivity contribution < 1.29 is 4.79 Å². The van der Waals surface area contributed by atoms with Crippen LogP contribution in [0.5, 0.6) is 0 Å². The normalized spacial score (nSPS) is 28.8. The summed E-state index contributed by atoms with van der Waals surface area (Å²) in [5.74, 6) is 0. The summed E-state index contributed by atoms with van der Waals surface area (Å²) in [5.41, 5.74) is 2.72. The zero-order valence-corrected chi connectivity index (χ0v) is 8.60. The molecule has 0 aromatic carbocycles. The number of hydrogen-bond donors (Lipinski definition) is 0. The zero-order valence-electron chi connectivity index (χ0n) is 8.60. The largest absolute Gasteiger partial charge is 0.303 e. The Kier molecular flexibility index (Phi) is 3.07. The van der Waals surface area contributed by atoms with Gasteiger partial charge >= 0.3 is 0 Å². The lowest BCUT2D eigenvalue weighted by atomic mass is 9.71. The van der Waals surface area contributed by atoms with Gasteiger partial charge in [0.05, 0.1) is 0 Å². The fraction of sp³-hybridized carbons (Fsp3) is 0.583. The molecule has 0 fully saturated rings. The summed E-state index contributed by atoms with van der Waals surface area (Å²) < 4.78 is 0. The molecule has 0 N–H and O–H groups in total. The molecular weight excluding hydrogens is 160 g/mol. The third kappa shape index (κ3) is 2.09. The molecule has 1 heteroatoms. The van der Waals surface area contributed by atoms with Crippen molar-refractivity contribution in [3.05, 3.63) is 23.8 Å². The van der Waals surface area contributed by atoms with E-state index in [2.05, 4.69) is 20.4 Å². The lowest BCUT2D eigenvalue weighted by Crippen LogP contribution is -2.25. The summed E-state index contributed by atoms with van der Waals surface area (Å²) in [7, 11) is 0. The molecule has 0 aromatic heterocycles. The molecular formula is C12H18O. The number of hydrogen-bond acceptors (Lipinski definition) is 1. The van der Waals surface area contributed by atoms with Crippen LogP contribution >= 0.6 is 0 Å². The van der Waals surface area contributed by atoms with Gasteiger partial charge in [-0.2, -0.15) is 0 Å². The lowest BCUT2D eigenvalue weighted by Gasteiger charge is -2.32. The van der Waals surface area contributed by atoms with E-state index in [1.54, 1.807) is 0 Å². The Balaban J connectivity index is 2.83. The van der Waals surface area contributed by atoms with Crippen LogP contribution in [-0.4, -0.2) is 6.29 Å². The van der Waals surface area contributed by atoms with Gasteiger partial charge in [-0.05, 0) is 39.5 Å². The molecule has 0 bridgehead atoms. The molecule has 0 heterocycles. The highest BCUT2D eigenvalue weighted by Gasteiger charge is 2.31.